The third-order valence-electron chi connectivity index (χ3n) is 4.04. The van der Waals surface area contributed by atoms with Gasteiger partial charge in [-0.3, -0.25) is 4.79 Å². The van der Waals surface area contributed by atoms with Crippen molar-refractivity contribution in [1.29, 1.82) is 0 Å². The maximum atomic E-state index is 12.5. The van der Waals surface area contributed by atoms with Crippen molar-refractivity contribution in [3.8, 4) is 0 Å². The number of sulfonamides is 1. The van der Waals surface area contributed by atoms with Crippen LogP contribution >= 0.6 is 11.6 Å². The lowest BCUT2D eigenvalue weighted by Gasteiger charge is -2.16. The number of nitrogens with zero attached hydrogens (tertiary/aromatic N) is 1. The highest BCUT2D eigenvalue weighted by Crippen LogP contribution is 2.24. The molecule has 7 heteroatoms. The number of hydrogen-bond donors (Lipinski definition) is 1. The fourth-order valence-corrected chi connectivity index (χ4v) is 3.84. The van der Waals surface area contributed by atoms with E-state index in [-0.39, 0.29) is 27.4 Å². The molecule has 1 atom stereocenters. The van der Waals surface area contributed by atoms with Crippen LogP contribution in [0.3, 0.4) is 0 Å². The molecule has 0 radical (unpaired) electrons. The average molecular weight is 395 g/mol. The number of carbonyl (C=O) groups is 1. The van der Waals surface area contributed by atoms with Crippen molar-refractivity contribution in [2.45, 2.75) is 30.7 Å². The van der Waals surface area contributed by atoms with Crippen molar-refractivity contribution in [3.63, 3.8) is 0 Å². The van der Waals surface area contributed by atoms with Gasteiger partial charge in [0, 0.05) is 25.7 Å². The Morgan fingerprint density at radius 3 is 2.42 bits per heavy atom. The highest BCUT2D eigenvalue weighted by molar-refractivity contribution is 7.89. The van der Waals surface area contributed by atoms with E-state index in [0.717, 1.165) is 17.1 Å². The second-order valence-corrected chi connectivity index (χ2v) is 8.86. The Labute approximate surface area is 160 Å². The van der Waals surface area contributed by atoms with E-state index in [9.17, 15) is 13.2 Å². The quantitative estimate of drug-likeness (QED) is 0.783. The maximum absolute atomic E-state index is 12.5. The van der Waals surface area contributed by atoms with E-state index < -0.39 is 10.0 Å². The summed E-state index contributed by atoms with van der Waals surface area (Å²) in [6, 6.07) is 14.3. The van der Waals surface area contributed by atoms with Crippen molar-refractivity contribution in [2.24, 2.45) is 0 Å². The van der Waals surface area contributed by atoms with Crippen LogP contribution in [0.2, 0.25) is 5.02 Å². The van der Waals surface area contributed by atoms with E-state index in [1.54, 1.807) is 0 Å². The van der Waals surface area contributed by atoms with Crippen LogP contribution in [0.5, 0.6) is 0 Å². The van der Waals surface area contributed by atoms with Crippen LogP contribution in [0, 0.1) is 0 Å². The summed E-state index contributed by atoms with van der Waals surface area (Å²) in [6.07, 6.45) is 1.63. The van der Waals surface area contributed by atoms with E-state index in [4.69, 9.17) is 11.6 Å². The smallest absolute Gasteiger partial charge is 0.251 e. The van der Waals surface area contributed by atoms with E-state index >= 15 is 0 Å². The van der Waals surface area contributed by atoms with Gasteiger partial charge in [0.05, 0.1) is 5.02 Å². The molecule has 0 saturated heterocycles. The second kappa shape index (κ2) is 8.66. The Hall–Kier alpha value is -1.89. The molecule has 1 amide bonds. The van der Waals surface area contributed by atoms with E-state index in [1.807, 2.05) is 37.3 Å². The number of rotatable bonds is 7. The third kappa shape index (κ3) is 5.06. The molecule has 1 unspecified atom stereocenters. The van der Waals surface area contributed by atoms with Crippen LogP contribution in [0.15, 0.2) is 53.4 Å². The Morgan fingerprint density at radius 1 is 1.15 bits per heavy atom. The molecular formula is C19H23ClN2O3S. The largest absolute Gasteiger partial charge is 0.350 e. The van der Waals surface area contributed by atoms with Crippen LogP contribution in [0.1, 0.15) is 29.3 Å². The summed E-state index contributed by atoms with van der Waals surface area (Å²) in [5, 5.41) is 2.99. The molecule has 1 N–H and O–H groups in total. The maximum Gasteiger partial charge on any atom is 0.251 e. The van der Waals surface area contributed by atoms with Crippen LogP contribution in [-0.4, -0.2) is 38.8 Å². The van der Waals surface area contributed by atoms with Crippen molar-refractivity contribution in [3.05, 3.63) is 64.7 Å². The molecule has 0 bridgehead atoms. The standard InChI is InChI=1S/C19H23ClN2O3S/c1-14(9-10-15-7-5-4-6-8-15)21-19(23)16-11-12-17(20)18(13-16)26(24,25)22(2)3/h4-8,11-14H,9-10H2,1-3H3,(H,21,23). The molecule has 0 aliphatic heterocycles. The zero-order valence-electron chi connectivity index (χ0n) is 15.1. The monoisotopic (exact) mass is 394 g/mol. The van der Waals surface area contributed by atoms with E-state index in [0.29, 0.717) is 0 Å². The van der Waals surface area contributed by atoms with Gasteiger partial charge >= 0.3 is 0 Å². The summed E-state index contributed by atoms with van der Waals surface area (Å²) in [6.45, 7) is 1.92. The Bertz CT molecular complexity index is 868. The summed E-state index contributed by atoms with van der Waals surface area (Å²) in [4.78, 5) is 12.4. The van der Waals surface area contributed by atoms with Crippen LogP contribution in [0.25, 0.3) is 0 Å². The number of benzene rings is 2. The first-order valence-electron chi connectivity index (χ1n) is 8.28. The molecule has 0 spiro atoms. The lowest BCUT2D eigenvalue weighted by atomic mass is 10.1. The van der Waals surface area contributed by atoms with Crippen molar-refractivity contribution in [1.82, 2.24) is 9.62 Å². The first kappa shape index (κ1) is 20.4. The minimum absolute atomic E-state index is 0.0488. The normalized spacial score (nSPS) is 12.8. The van der Waals surface area contributed by atoms with Gasteiger partial charge in [-0.25, -0.2) is 12.7 Å². The summed E-state index contributed by atoms with van der Waals surface area (Å²) in [7, 11) is -0.876. The second-order valence-electron chi connectivity index (χ2n) is 6.33. The van der Waals surface area contributed by atoms with Gasteiger partial charge in [-0.1, -0.05) is 41.9 Å². The van der Waals surface area contributed by atoms with Gasteiger partial charge in [0.25, 0.3) is 5.91 Å². The molecule has 2 aromatic rings. The van der Waals surface area contributed by atoms with Gasteiger partial charge in [-0.15, -0.1) is 0 Å². The summed E-state index contributed by atoms with van der Waals surface area (Å²) >= 11 is 6.02. The summed E-state index contributed by atoms with van der Waals surface area (Å²) in [5.41, 5.74) is 1.47. The molecular weight excluding hydrogens is 372 g/mol. The summed E-state index contributed by atoms with van der Waals surface area (Å²) < 4.78 is 25.7. The molecule has 0 heterocycles. The molecule has 2 aromatic carbocycles. The average Bonchev–Trinajstić information content (AvgIpc) is 2.60. The lowest BCUT2D eigenvalue weighted by Crippen LogP contribution is -2.33. The molecule has 0 fully saturated rings. The number of nitrogens with one attached hydrogen (secondary N) is 1. The zero-order chi connectivity index (χ0) is 19.3. The predicted molar refractivity (Wildman–Crippen MR) is 104 cm³/mol. The first-order valence-corrected chi connectivity index (χ1v) is 10.1. The van der Waals surface area contributed by atoms with Gasteiger partial charge in [-0.2, -0.15) is 0 Å². The highest BCUT2D eigenvalue weighted by Gasteiger charge is 2.22. The number of aryl methyl sites for hydroxylation is 1. The molecule has 26 heavy (non-hydrogen) atoms. The SMILES string of the molecule is CC(CCc1ccccc1)NC(=O)c1ccc(Cl)c(S(=O)(=O)N(C)C)c1. The Kier molecular flexibility index (Phi) is 6.81. The molecule has 0 aromatic heterocycles. The molecule has 140 valence electrons. The zero-order valence-corrected chi connectivity index (χ0v) is 16.6. The van der Waals surface area contributed by atoms with Gasteiger partial charge in [-0.05, 0) is 43.5 Å². The number of halogens is 1. The number of amides is 1. The topological polar surface area (TPSA) is 66.5 Å². The molecule has 5 nitrogen and oxygen atoms in total. The minimum atomic E-state index is -3.72. The fourth-order valence-electron chi connectivity index (χ4n) is 2.45. The Morgan fingerprint density at radius 2 is 1.81 bits per heavy atom. The molecule has 0 aliphatic rings. The summed E-state index contributed by atoms with van der Waals surface area (Å²) in [5.74, 6) is -0.322. The van der Waals surface area contributed by atoms with Crippen molar-refractivity contribution in [2.75, 3.05) is 14.1 Å². The first-order chi connectivity index (χ1) is 12.2. The number of hydrogen-bond acceptors (Lipinski definition) is 3. The van der Waals surface area contributed by atoms with Crippen LogP contribution in [-0.2, 0) is 16.4 Å². The van der Waals surface area contributed by atoms with Crippen molar-refractivity contribution < 1.29 is 13.2 Å². The molecule has 0 aliphatic carbocycles. The van der Waals surface area contributed by atoms with Gasteiger partial charge in [0.1, 0.15) is 4.90 Å². The van der Waals surface area contributed by atoms with Gasteiger partial charge in [0.2, 0.25) is 10.0 Å². The van der Waals surface area contributed by atoms with E-state index in [2.05, 4.69) is 5.32 Å². The minimum Gasteiger partial charge on any atom is -0.350 e. The van der Waals surface area contributed by atoms with Gasteiger partial charge < -0.3 is 5.32 Å². The lowest BCUT2D eigenvalue weighted by molar-refractivity contribution is 0.0938. The third-order valence-corrected chi connectivity index (χ3v) is 6.34. The van der Waals surface area contributed by atoms with Crippen LogP contribution < -0.4 is 5.32 Å². The highest BCUT2D eigenvalue weighted by atomic mass is 35.5. The predicted octanol–water partition coefficient (Wildman–Crippen LogP) is 3.34. The molecule has 2 rings (SSSR count). The Balaban J connectivity index is 2.07. The van der Waals surface area contributed by atoms with E-state index in [1.165, 1.54) is 37.9 Å². The fraction of sp³-hybridized carbons (Fsp3) is 0.316. The number of carbonyl (C=O) groups excluding carboxylic acids is 1. The van der Waals surface area contributed by atoms with Crippen molar-refractivity contribution >= 4 is 27.5 Å². The molecule has 0 saturated carbocycles. The van der Waals surface area contributed by atoms with Crippen LogP contribution in [0.4, 0.5) is 0 Å². The van der Waals surface area contributed by atoms with Gasteiger partial charge in [0.15, 0.2) is 0 Å².